The molecule has 4 nitrogen and oxygen atoms in total. The molecule has 1 atom stereocenters. The van der Waals surface area contributed by atoms with E-state index in [4.69, 9.17) is 4.74 Å². The van der Waals surface area contributed by atoms with Gasteiger partial charge in [-0.2, -0.15) is 13.2 Å². The van der Waals surface area contributed by atoms with Crippen LogP contribution in [-0.2, 0) is 10.9 Å². The van der Waals surface area contributed by atoms with E-state index in [0.717, 1.165) is 12.3 Å². The number of alkyl halides is 3. The van der Waals surface area contributed by atoms with Crippen LogP contribution in [0.4, 0.5) is 18.0 Å². The number of ether oxygens (including phenoxy) is 1. The van der Waals surface area contributed by atoms with Crippen LogP contribution in [0.1, 0.15) is 23.8 Å². The summed E-state index contributed by atoms with van der Waals surface area (Å²) in [5.74, 6) is 0. The summed E-state index contributed by atoms with van der Waals surface area (Å²) in [5, 5.41) is 2.46. The van der Waals surface area contributed by atoms with Crippen LogP contribution in [0.3, 0.4) is 0 Å². The number of cyclic esters (lactones) is 1. The lowest BCUT2D eigenvalue weighted by Gasteiger charge is -2.23. The van der Waals surface area contributed by atoms with Crippen molar-refractivity contribution >= 4 is 6.09 Å². The maximum Gasteiger partial charge on any atom is 0.433 e. The highest BCUT2D eigenvalue weighted by Gasteiger charge is 2.32. The molecule has 1 aromatic rings. The summed E-state index contributed by atoms with van der Waals surface area (Å²) in [6, 6.07) is 2.16. The van der Waals surface area contributed by atoms with Gasteiger partial charge < -0.3 is 10.1 Å². The third-order valence-corrected chi connectivity index (χ3v) is 2.37. The molecular formula is C10H9F3N2O2. The number of nitrogens with one attached hydrogen (secondary N) is 1. The van der Waals surface area contributed by atoms with Crippen molar-refractivity contribution in [2.75, 3.05) is 6.54 Å². The summed E-state index contributed by atoms with van der Waals surface area (Å²) in [6.07, 6.45) is -3.95. The number of halogens is 3. The minimum atomic E-state index is -4.46. The van der Waals surface area contributed by atoms with Gasteiger partial charge in [0.05, 0.1) is 0 Å². The zero-order chi connectivity index (χ0) is 12.5. The molecule has 17 heavy (non-hydrogen) atoms. The second-order valence-corrected chi connectivity index (χ2v) is 3.58. The van der Waals surface area contributed by atoms with E-state index in [-0.39, 0.29) is 0 Å². The molecule has 1 aliphatic heterocycles. The molecule has 1 unspecified atom stereocenters. The molecule has 0 aliphatic carbocycles. The normalized spacial score (nSPS) is 20.6. The molecule has 0 saturated carbocycles. The van der Waals surface area contributed by atoms with E-state index < -0.39 is 24.1 Å². The molecule has 1 aliphatic rings. The number of carbonyl (C=O) groups excluding carboxylic acids is 1. The van der Waals surface area contributed by atoms with E-state index in [9.17, 15) is 18.0 Å². The van der Waals surface area contributed by atoms with E-state index in [1.54, 1.807) is 0 Å². The fourth-order valence-electron chi connectivity index (χ4n) is 1.53. The Morgan fingerprint density at radius 1 is 1.41 bits per heavy atom. The molecule has 7 heteroatoms. The van der Waals surface area contributed by atoms with Gasteiger partial charge in [-0.25, -0.2) is 4.79 Å². The predicted octanol–water partition coefficient (Wildman–Crippen LogP) is 2.27. The van der Waals surface area contributed by atoms with Crippen LogP contribution in [-0.4, -0.2) is 17.6 Å². The zero-order valence-corrected chi connectivity index (χ0v) is 8.62. The topological polar surface area (TPSA) is 51.2 Å². The van der Waals surface area contributed by atoms with Crippen molar-refractivity contribution < 1.29 is 22.7 Å². The first kappa shape index (κ1) is 11.7. The largest absolute Gasteiger partial charge is 0.441 e. The molecule has 0 bridgehead atoms. The molecule has 0 radical (unpaired) electrons. The van der Waals surface area contributed by atoms with E-state index in [2.05, 4.69) is 10.3 Å². The number of hydrogen-bond acceptors (Lipinski definition) is 3. The Hall–Kier alpha value is -1.79. The van der Waals surface area contributed by atoms with Crippen LogP contribution >= 0.6 is 0 Å². The van der Waals surface area contributed by atoms with Crippen LogP contribution in [0.2, 0.25) is 0 Å². The fraction of sp³-hybridized carbons (Fsp3) is 0.400. The van der Waals surface area contributed by atoms with Crippen LogP contribution in [0, 0.1) is 0 Å². The summed E-state index contributed by atoms with van der Waals surface area (Å²) in [6.45, 7) is 0.435. The van der Waals surface area contributed by atoms with Crippen LogP contribution < -0.4 is 5.32 Å². The molecule has 1 fully saturated rings. The lowest BCUT2D eigenvalue weighted by molar-refractivity contribution is -0.141. The van der Waals surface area contributed by atoms with Crippen molar-refractivity contribution in [2.45, 2.75) is 18.7 Å². The Morgan fingerprint density at radius 2 is 2.18 bits per heavy atom. The number of carbonyl (C=O) groups is 1. The summed E-state index contributed by atoms with van der Waals surface area (Å²) < 4.78 is 41.7. The molecule has 0 aromatic carbocycles. The summed E-state index contributed by atoms with van der Waals surface area (Å²) in [7, 11) is 0. The lowest BCUT2D eigenvalue weighted by Crippen LogP contribution is -2.33. The van der Waals surface area contributed by atoms with E-state index in [1.807, 2.05) is 0 Å². The number of hydrogen-bond donors (Lipinski definition) is 1. The van der Waals surface area contributed by atoms with Gasteiger partial charge in [-0.3, -0.25) is 4.98 Å². The molecule has 1 aromatic heterocycles. The van der Waals surface area contributed by atoms with Crippen molar-refractivity contribution in [2.24, 2.45) is 0 Å². The second kappa shape index (κ2) is 4.23. The first-order valence-electron chi connectivity index (χ1n) is 4.94. The SMILES string of the molecule is O=C1NCCC(c2ccc(C(F)(F)F)nc2)O1. The van der Waals surface area contributed by atoms with Crippen molar-refractivity contribution in [3.8, 4) is 0 Å². The second-order valence-electron chi connectivity index (χ2n) is 3.58. The molecule has 1 saturated heterocycles. The Labute approximate surface area is 94.8 Å². The molecule has 92 valence electrons. The van der Waals surface area contributed by atoms with Gasteiger partial charge in [-0.15, -0.1) is 0 Å². The molecule has 2 heterocycles. The van der Waals surface area contributed by atoms with Gasteiger partial charge in [-0.05, 0) is 6.07 Å². The highest BCUT2D eigenvalue weighted by molar-refractivity contribution is 5.68. The fourth-order valence-corrected chi connectivity index (χ4v) is 1.53. The Bertz CT molecular complexity index is 417. The zero-order valence-electron chi connectivity index (χ0n) is 8.62. The Balaban J connectivity index is 2.15. The number of amides is 1. The maximum atomic E-state index is 12.3. The first-order valence-corrected chi connectivity index (χ1v) is 4.94. The predicted molar refractivity (Wildman–Crippen MR) is 51.1 cm³/mol. The third kappa shape index (κ3) is 2.66. The number of alkyl carbamates (subject to hydrolysis) is 1. The van der Waals surface area contributed by atoms with E-state index in [1.165, 1.54) is 6.07 Å². The third-order valence-electron chi connectivity index (χ3n) is 2.37. The molecule has 1 amide bonds. The first-order chi connectivity index (χ1) is 7.97. The van der Waals surface area contributed by atoms with Gasteiger partial charge in [0.1, 0.15) is 11.8 Å². The van der Waals surface area contributed by atoms with Crippen LogP contribution in [0.25, 0.3) is 0 Å². The monoisotopic (exact) mass is 246 g/mol. The Kier molecular flexibility index (Phi) is 2.91. The van der Waals surface area contributed by atoms with Gasteiger partial charge in [0.2, 0.25) is 0 Å². The van der Waals surface area contributed by atoms with Crippen molar-refractivity contribution in [3.63, 3.8) is 0 Å². The molecule has 0 spiro atoms. The standard InChI is InChI=1S/C10H9F3N2O2/c11-10(12,13)8-2-1-6(5-15-8)7-3-4-14-9(16)17-7/h1-2,5,7H,3-4H2,(H,14,16). The molecule has 2 rings (SSSR count). The van der Waals surface area contributed by atoms with Crippen molar-refractivity contribution in [1.82, 2.24) is 10.3 Å². The van der Waals surface area contributed by atoms with Crippen molar-refractivity contribution in [3.05, 3.63) is 29.6 Å². The average molecular weight is 246 g/mol. The van der Waals surface area contributed by atoms with Gasteiger partial charge in [0.25, 0.3) is 0 Å². The lowest BCUT2D eigenvalue weighted by atomic mass is 10.1. The number of pyridine rings is 1. The van der Waals surface area contributed by atoms with Crippen molar-refractivity contribution in [1.29, 1.82) is 0 Å². The number of nitrogens with zero attached hydrogens (tertiary/aromatic N) is 1. The summed E-state index contributed by atoms with van der Waals surface area (Å²) in [5.41, 5.74) is -0.491. The van der Waals surface area contributed by atoms with Crippen LogP contribution in [0.15, 0.2) is 18.3 Å². The van der Waals surface area contributed by atoms with E-state index >= 15 is 0 Å². The van der Waals surface area contributed by atoms with Gasteiger partial charge in [0, 0.05) is 24.7 Å². The van der Waals surface area contributed by atoms with Gasteiger partial charge >= 0.3 is 12.3 Å². The van der Waals surface area contributed by atoms with Gasteiger partial charge in [-0.1, -0.05) is 6.07 Å². The molecule has 1 N–H and O–H groups in total. The highest BCUT2D eigenvalue weighted by Crippen LogP contribution is 2.29. The molecular weight excluding hydrogens is 237 g/mol. The minimum Gasteiger partial charge on any atom is -0.441 e. The number of rotatable bonds is 1. The maximum absolute atomic E-state index is 12.3. The highest BCUT2D eigenvalue weighted by atomic mass is 19.4. The average Bonchev–Trinajstić information content (AvgIpc) is 2.28. The van der Waals surface area contributed by atoms with E-state index in [0.29, 0.717) is 18.5 Å². The minimum absolute atomic E-state index is 0.435. The summed E-state index contributed by atoms with van der Waals surface area (Å²) in [4.78, 5) is 14.3. The summed E-state index contributed by atoms with van der Waals surface area (Å²) >= 11 is 0. The van der Waals surface area contributed by atoms with Gasteiger partial charge in [0.15, 0.2) is 0 Å². The Morgan fingerprint density at radius 3 is 2.71 bits per heavy atom. The number of aromatic nitrogens is 1. The quantitative estimate of drug-likeness (QED) is 0.826. The smallest absolute Gasteiger partial charge is 0.433 e. The van der Waals surface area contributed by atoms with Crippen LogP contribution in [0.5, 0.6) is 0 Å².